The average molecular weight is 333 g/mol. The summed E-state index contributed by atoms with van der Waals surface area (Å²) in [5.41, 5.74) is 3.82. The number of hydrogen-bond acceptors (Lipinski definition) is 4. The predicted octanol–water partition coefficient (Wildman–Crippen LogP) is 3.47. The van der Waals surface area contributed by atoms with E-state index >= 15 is 0 Å². The van der Waals surface area contributed by atoms with Gasteiger partial charge in [-0.25, -0.2) is 0 Å². The van der Waals surface area contributed by atoms with Gasteiger partial charge in [-0.05, 0) is 30.6 Å². The molecule has 0 aliphatic carbocycles. The normalized spacial score (nSPS) is 17.6. The number of aromatic nitrogens is 3. The summed E-state index contributed by atoms with van der Waals surface area (Å²) in [6, 6.07) is 5.75. The smallest absolute Gasteiger partial charge is 0.226 e. The second-order valence-electron chi connectivity index (χ2n) is 5.46. The van der Waals surface area contributed by atoms with Crippen molar-refractivity contribution in [1.29, 1.82) is 0 Å². The van der Waals surface area contributed by atoms with E-state index in [9.17, 15) is 4.79 Å². The molecule has 112 valence electrons. The second kappa shape index (κ2) is 4.79. The Morgan fingerprint density at radius 2 is 2.27 bits per heavy atom. The van der Waals surface area contributed by atoms with Crippen molar-refractivity contribution in [1.82, 2.24) is 14.2 Å². The maximum atomic E-state index is 12.0. The Morgan fingerprint density at radius 1 is 1.45 bits per heavy atom. The van der Waals surface area contributed by atoms with Crippen LogP contribution < -0.4 is 5.32 Å². The first-order valence-electron chi connectivity index (χ1n) is 6.93. The van der Waals surface area contributed by atoms with Gasteiger partial charge >= 0.3 is 0 Å². The third-order valence-corrected chi connectivity index (χ3v) is 5.27. The number of benzene rings is 1. The fourth-order valence-electron chi connectivity index (χ4n) is 3.12. The molecule has 3 heterocycles. The molecule has 1 unspecified atom stereocenters. The number of nitrogens with zero attached hydrogens (tertiary/aromatic N) is 3. The standard InChI is InChI=1S/C15H13ClN4OS/c1-7-12-8(6-11(21)17-15(12)22-19-7)14-13-9(16)4-3-5-10(13)20(2)18-14/h3-5,8H,6H2,1-2H3,(H,17,21). The van der Waals surface area contributed by atoms with Crippen LogP contribution in [0.15, 0.2) is 18.2 Å². The largest absolute Gasteiger partial charge is 0.316 e. The van der Waals surface area contributed by atoms with Gasteiger partial charge in [0.05, 0.1) is 21.9 Å². The van der Waals surface area contributed by atoms with E-state index in [1.807, 2.05) is 36.9 Å². The van der Waals surface area contributed by atoms with Crippen LogP contribution in [0.3, 0.4) is 0 Å². The van der Waals surface area contributed by atoms with Crippen molar-refractivity contribution in [2.24, 2.45) is 7.05 Å². The Balaban J connectivity index is 2.00. The SMILES string of the molecule is Cc1nsc2c1C(c1nn(C)c3cccc(Cl)c13)CC(=O)N2. The monoisotopic (exact) mass is 332 g/mol. The van der Waals surface area contributed by atoms with E-state index < -0.39 is 0 Å². The van der Waals surface area contributed by atoms with Crippen LogP contribution in [0.25, 0.3) is 10.9 Å². The molecule has 3 aromatic rings. The number of fused-ring (bicyclic) bond motifs is 2. The van der Waals surface area contributed by atoms with Gasteiger partial charge in [0, 0.05) is 30.3 Å². The first kappa shape index (κ1) is 13.7. The molecule has 0 spiro atoms. The summed E-state index contributed by atoms with van der Waals surface area (Å²) in [7, 11) is 1.89. The molecule has 0 bridgehead atoms. The predicted molar refractivity (Wildman–Crippen MR) is 87.7 cm³/mol. The highest BCUT2D eigenvalue weighted by molar-refractivity contribution is 7.10. The van der Waals surface area contributed by atoms with Gasteiger partial charge in [-0.1, -0.05) is 17.7 Å². The van der Waals surface area contributed by atoms with Crippen LogP contribution in [0.4, 0.5) is 5.00 Å². The van der Waals surface area contributed by atoms with Crippen molar-refractivity contribution < 1.29 is 4.79 Å². The number of amides is 1. The summed E-state index contributed by atoms with van der Waals surface area (Å²) in [6.45, 7) is 1.96. The summed E-state index contributed by atoms with van der Waals surface area (Å²) < 4.78 is 6.19. The number of aryl methyl sites for hydroxylation is 2. The lowest BCUT2D eigenvalue weighted by Crippen LogP contribution is -2.23. The van der Waals surface area contributed by atoms with Crippen molar-refractivity contribution >= 4 is 44.9 Å². The minimum absolute atomic E-state index is 0.00740. The molecule has 4 rings (SSSR count). The van der Waals surface area contributed by atoms with E-state index in [2.05, 4.69) is 14.8 Å². The number of carbonyl (C=O) groups excluding carboxylic acids is 1. The summed E-state index contributed by atoms with van der Waals surface area (Å²) in [5.74, 6) is -0.113. The zero-order valence-corrected chi connectivity index (χ0v) is 13.6. The van der Waals surface area contributed by atoms with Gasteiger partial charge in [0.1, 0.15) is 5.00 Å². The molecular weight excluding hydrogens is 320 g/mol. The molecule has 2 aromatic heterocycles. The molecule has 0 fully saturated rings. The van der Waals surface area contributed by atoms with Gasteiger partial charge in [0.2, 0.25) is 5.91 Å². The summed E-state index contributed by atoms with van der Waals surface area (Å²) in [5, 5.41) is 9.96. The van der Waals surface area contributed by atoms with Gasteiger partial charge in [0.25, 0.3) is 0 Å². The number of carbonyl (C=O) groups is 1. The third-order valence-electron chi connectivity index (χ3n) is 4.08. The molecule has 0 saturated heterocycles. The number of rotatable bonds is 1. The minimum Gasteiger partial charge on any atom is -0.316 e. The van der Waals surface area contributed by atoms with Gasteiger partial charge in [-0.3, -0.25) is 9.48 Å². The first-order valence-corrected chi connectivity index (χ1v) is 8.08. The van der Waals surface area contributed by atoms with Crippen LogP contribution in [0.1, 0.15) is 29.3 Å². The zero-order chi connectivity index (χ0) is 15.4. The third kappa shape index (κ3) is 1.87. The second-order valence-corrected chi connectivity index (χ2v) is 6.64. The summed E-state index contributed by atoms with van der Waals surface area (Å²) in [4.78, 5) is 12.0. The summed E-state index contributed by atoms with van der Waals surface area (Å²) in [6.07, 6.45) is 0.365. The molecule has 1 aromatic carbocycles. The molecule has 0 saturated carbocycles. The van der Waals surface area contributed by atoms with Crippen molar-refractivity contribution in [2.45, 2.75) is 19.3 Å². The van der Waals surface area contributed by atoms with Crippen molar-refractivity contribution in [2.75, 3.05) is 5.32 Å². The number of hydrogen-bond donors (Lipinski definition) is 1. The van der Waals surface area contributed by atoms with E-state index in [0.29, 0.717) is 11.4 Å². The minimum atomic E-state index is -0.105. The van der Waals surface area contributed by atoms with Crippen LogP contribution in [0, 0.1) is 6.92 Å². The van der Waals surface area contributed by atoms with Crippen LogP contribution >= 0.6 is 23.1 Å². The quantitative estimate of drug-likeness (QED) is 0.742. The van der Waals surface area contributed by atoms with E-state index in [-0.39, 0.29) is 11.8 Å². The maximum absolute atomic E-state index is 12.0. The molecule has 5 nitrogen and oxygen atoms in total. The highest BCUT2D eigenvalue weighted by Gasteiger charge is 2.33. The van der Waals surface area contributed by atoms with E-state index in [1.165, 1.54) is 11.5 Å². The van der Waals surface area contributed by atoms with E-state index in [1.54, 1.807) is 0 Å². The topological polar surface area (TPSA) is 59.8 Å². The molecular formula is C15H13ClN4OS. The van der Waals surface area contributed by atoms with E-state index in [4.69, 9.17) is 11.6 Å². The fourth-order valence-corrected chi connectivity index (χ4v) is 4.26. The molecule has 1 amide bonds. The van der Waals surface area contributed by atoms with Crippen LogP contribution in [-0.2, 0) is 11.8 Å². The lowest BCUT2D eigenvalue weighted by atomic mass is 9.88. The van der Waals surface area contributed by atoms with Crippen LogP contribution in [0.5, 0.6) is 0 Å². The van der Waals surface area contributed by atoms with E-state index in [0.717, 1.165) is 32.9 Å². The van der Waals surface area contributed by atoms with Crippen LogP contribution in [-0.4, -0.2) is 20.1 Å². The fraction of sp³-hybridized carbons (Fsp3) is 0.267. The Hall–Kier alpha value is -1.92. The molecule has 22 heavy (non-hydrogen) atoms. The van der Waals surface area contributed by atoms with Gasteiger partial charge in [-0.15, -0.1) is 0 Å². The number of halogens is 1. The lowest BCUT2D eigenvalue weighted by Gasteiger charge is -2.21. The Bertz CT molecular complexity index is 914. The van der Waals surface area contributed by atoms with Gasteiger partial charge < -0.3 is 5.32 Å². The Labute approximate surface area is 136 Å². The van der Waals surface area contributed by atoms with Crippen molar-refractivity contribution in [3.63, 3.8) is 0 Å². The van der Waals surface area contributed by atoms with Crippen molar-refractivity contribution in [3.05, 3.63) is 40.2 Å². The number of nitrogens with one attached hydrogen (secondary N) is 1. The zero-order valence-electron chi connectivity index (χ0n) is 12.1. The maximum Gasteiger partial charge on any atom is 0.226 e. The Morgan fingerprint density at radius 3 is 3.09 bits per heavy atom. The average Bonchev–Trinajstić information content (AvgIpc) is 3.01. The molecule has 1 aliphatic heterocycles. The highest BCUT2D eigenvalue weighted by Crippen LogP contribution is 2.43. The van der Waals surface area contributed by atoms with Gasteiger partial charge in [-0.2, -0.15) is 9.47 Å². The molecule has 1 atom stereocenters. The molecule has 1 N–H and O–H groups in total. The Kier molecular flexibility index (Phi) is 2.99. The highest BCUT2D eigenvalue weighted by atomic mass is 35.5. The molecule has 0 radical (unpaired) electrons. The summed E-state index contributed by atoms with van der Waals surface area (Å²) >= 11 is 7.73. The molecule has 7 heteroatoms. The van der Waals surface area contributed by atoms with Gasteiger partial charge in [0.15, 0.2) is 0 Å². The van der Waals surface area contributed by atoms with Crippen molar-refractivity contribution in [3.8, 4) is 0 Å². The lowest BCUT2D eigenvalue weighted by molar-refractivity contribution is -0.116. The number of anilines is 1. The first-order chi connectivity index (χ1) is 10.6. The molecule has 1 aliphatic rings. The van der Waals surface area contributed by atoms with Crippen LogP contribution in [0.2, 0.25) is 5.02 Å².